The van der Waals surface area contributed by atoms with Gasteiger partial charge in [0.25, 0.3) is 5.91 Å². The number of rotatable bonds is 4. The molecular formula is C14H17ClN4O2S. The molecule has 0 aromatic carbocycles. The van der Waals surface area contributed by atoms with E-state index >= 15 is 0 Å². The number of aromatic nitrogens is 3. The smallest absolute Gasteiger partial charge is 0.263 e. The molecule has 1 N–H and O–H groups in total. The van der Waals surface area contributed by atoms with E-state index in [9.17, 15) is 4.79 Å². The molecule has 3 rings (SSSR count). The molecule has 0 bridgehead atoms. The number of thiophene rings is 1. The van der Waals surface area contributed by atoms with Crippen molar-refractivity contribution in [1.82, 2.24) is 20.1 Å². The fourth-order valence-electron chi connectivity index (χ4n) is 2.50. The number of ether oxygens (including phenoxy) is 1. The molecule has 1 aliphatic heterocycles. The molecule has 1 amide bonds. The van der Waals surface area contributed by atoms with Crippen LogP contribution >= 0.6 is 22.9 Å². The monoisotopic (exact) mass is 340 g/mol. The molecule has 6 nitrogen and oxygen atoms in total. The van der Waals surface area contributed by atoms with Gasteiger partial charge in [0, 0.05) is 19.6 Å². The van der Waals surface area contributed by atoms with Gasteiger partial charge >= 0.3 is 0 Å². The van der Waals surface area contributed by atoms with Crippen LogP contribution in [0.15, 0.2) is 5.38 Å². The van der Waals surface area contributed by atoms with Crippen molar-refractivity contribution in [2.75, 3.05) is 7.11 Å². The zero-order valence-corrected chi connectivity index (χ0v) is 14.0. The minimum Gasteiger partial charge on any atom is -0.377 e. The first kappa shape index (κ1) is 15.5. The van der Waals surface area contributed by atoms with Crippen molar-refractivity contribution in [2.24, 2.45) is 0 Å². The molecule has 22 heavy (non-hydrogen) atoms. The Kier molecular flexibility index (Phi) is 4.46. The van der Waals surface area contributed by atoms with Crippen molar-refractivity contribution in [3.05, 3.63) is 32.5 Å². The minimum absolute atomic E-state index is 0.0376. The number of halogens is 1. The molecule has 2 aromatic heterocycles. The van der Waals surface area contributed by atoms with Crippen LogP contribution in [0.4, 0.5) is 0 Å². The number of carbonyl (C=O) groups is 1. The van der Waals surface area contributed by atoms with Gasteiger partial charge in [-0.15, -0.1) is 11.3 Å². The third-order valence-electron chi connectivity index (χ3n) is 3.62. The zero-order chi connectivity index (χ0) is 15.7. The molecule has 2 aromatic rings. The van der Waals surface area contributed by atoms with Gasteiger partial charge < -0.3 is 10.1 Å². The van der Waals surface area contributed by atoms with Crippen LogP contribution in [0, 0.1) is 6.92 Å². The predicted octanol–water partition coefficient (Wildman–Crippen LogP) is 2.19. The van der Waals surface area contributed by atoms with Crippen molar-refractivity contribution in [2.45, 2.75) is 39.0 Å². The molecule has 0 unspecified atom stereocenters. The lowest BCUT2D eigenvalue weighted by Crippen LogP contribution is -2.41. The quantitative estimate of drug-likeness (QED) is 0.926. The molecule has 0 radical (unpaired) electrons. The fraction of sp³-hybridized carbons (Fsp3) is 0.500. The summed E-state index contributed by atoms with van der Waals surface area (Å²) in [4.78, 5) is 17.3. The van der Waals surface area contributed by atoms with Crippen LogP contribution in [-0.2, 0) is 24.3 Å². The van der Waals surface area contributed by atoms with Crippen molar-refractivity contribution >= 4 is 28.8 Å². The Labute approximate surface area is 137 Å². The second-order valence-electron chi connectivity index (χ2n) is 5.33. The van der Waals surface area contributed by atoms with Gasteiger partial charge in [-0.2, -0.15) is 5.10 Å². The lowest BCUT2D eigenvalue weighted by molar-refractivity contribution is 0.0930. The van der Waals surface area contributed by atoms with Gasteiger partial charge in [0.05, 0.1) is 11.6 Å². The number of hydrogen-bond donors (Lipinski definition) is 1. The summed E-state index contributed by atoms with van der Waals surface area (Å²) in [6, 6.07) is 0.0376. The number of methoxy groups -OCH3 is 1. The maximum atomic E-state index is 12.3. The number of hydrogen-bond acceptors (Lipinski definition) is 5. The van der Waals surface area contributed by atoms with Gasteiger partial charge in [-0.05, 0) is 24.3 Å². The van der Waals surface area contributed by atoms with Gasteiger partial charge in [-0.25, -0.2) is 9.67 Å². The highest BCUT2D eigenvalue weighted by atomic mass is 35.5. The van der Waals surface area contributed by atoms with Crippen LogP contribution in [0.25, 0.3) is 0 Å². The van der Waals surface area contributed by atoms with E-state index in [4.69, 9.17) is 16.3 Å². The lowest BCUT2D eigenvalue weighted by atomic mass is 10.1. The molecule has 0 saturated heterocycles. The summed E-state index contributed by atoms with van der Waals surface area (Å²) in [5, 5.41) is 9.87. The summed E-state index contributed by atoms with van der Waals surface area (Å²) >= 11 is 7.52. The molecule has 1 atom stereocenters. The molecule has 118 valence electrons. The van der Waals surface area contributed by atoms with E-state index in [1.165, 1.54) is 11.3 Å². The maximum absolute atomic E-state index is 12.3. The minimum atomic E-state index is -0.117. The second kappa shape index (κ2) is 6.36. The summed E-state index contributed by atoms with van der Waals surface area (Å²) in [6.45, 7) is 2.93. The Bertz CT molecular complexity index is 697. The van der Waals surface area contributed by atoms with Crippen molar-refractivity contribution < 1.29 is 9.53 Å². The van der Waals surface area contributed by atoms with Crippen LogP contribution in [0.2, 0.25) is 5.02 Å². The van der Waals surface area contributed by atoms with Gasteiger partial charge in [0.2, 0.25) is 0 Å². The number of nitrogens with zero attached hydrogens (tertiary/aromatic N) is 3. The van der Waals surface area contributed by atoms with Gasteiger partial charge in [-0.1, -0.05) is 11.6 Å². The highest BCUT2D eigenvalue weighted by molar-refractivity contribution is 7.13. The summed E-state index contributed by atoms with van der Waals surface area (Å²) in [5.41, 5.74) is 0.934. The Balaban J connectivity index is 1.67. The van der Waals surface area contributed by atoms with Crippen LogP contribution in [0.5, 0.6) is 0 Å². The molecule has 8 heteroatoms. The van der Waals surface area contributed by atoms with Crippen LogP contribution in [0.1, 0.15) is 33.3 Å². The fourth-order valence-corrected chi connectivity index (χ4v) is 3.68. The van der Waals surface area contributed by atoms with E-state index < -0.39 is 0 Å². The molecule has 1 aliphatic rings. The molecule has 3 heterocycles. The normalized spacial score (nSPS) is 17.3. The highest BCUT2D eigenvalue weighted by Crippen LogP contribution is 2.27. The number of carbonyl (C=O) groups excluding carboxylic acids is 1. The summed E-state index contributed by atoms with van der Waals surface area (Å²) in [5.74, 6) is 1.51. The van der Waals surface area contributed by atoms with E-state index in [1.807, 2.05) is 17.0 Å². The van der Waals surface area contributed by atoms with Crippen LogP contribution < -0.4 is 5.32 Å². The average Bonchev–Trinajstić information content (AvgIpc) is 3.03. The van der Waals surface area contributed by atoms with Gasteiger partial charge in [0.15, 0.2) is 5.82 Å². The van der Waals surface area contributed by atoms with Crippen molar-refractivity contribution in [3.63, 3.8) is 0 Å². The molecule has 0 saturated carbocycles. The van der Waals surface area contributed by atoms with E-state index in [0.717, 1.165) is 24.2 Å². The zero-order valence-electron chi connectivity index (χ0n) is 12.4. The standard InChI is InChI=1S/C14H17ClN4O2S/c1-8-7-22-13(12(8)15)14(20)16-9-3-4-11-17-10(6-21-2)18-19(11)5-9/h7,9H,3-6H2,1-2H3,(H,16,20)/t9-/m1/s1. The first-order valence-electron chi connectivity index (χ1n) is 7.04. The SMILES string of the molecule is COCc1nc2n(n1)C[C@H](NC(=O)c1scc(C)c1Cl)CC2. The predicted molar refractivity (Wildman–Crippen MR) is 84.4 cm³/mol. The molecule has 0 aliphatic carbocycles. The molecule has 0 spiro atoms. The highest BCUT2D eigenvalue weighted by Gasteiger charge is 2.24. The molecule has 0 fully saturated rings. The summed E-state index contributed by atoms with van der Waals surface area (Å²) < 4.78 is 6.90. The first-order valence-corrected chi connectivity index (χ1v) is 8.30. The summed E-state index contributed by atoms with van der Waals surface area (Å²) in [6.07, 6.45) is 1.64. The Morgan fingerprint density at radius 2 is 2.45 bits per heavy atom. The maximum Gasteiger partial charge on any atom is 0.263 e. The Hall–Kier alpha value is -1.44. The van der Waals surface area contributed by atoms with Crippen LogP contribution in [0.3, 0.4) is 0 Å². The number of fused-ring (bicyclic) bond motifs is 1. The van der Waals surface area contributed by atoms with Crippen molar-refractivity contribution in [3.8, 4) is 0 Å². The number of nitrogens with one attached hydrogen (secondary N) is 1. The van der Waals surface area contributed by atoms with E-state index in [-0.39, 0.29) is 11.9 Å². The van der Waals surface area contributed by atoms with E-state index in [0.29, 0.717) is 28.9 Å². The third kappa shape index (κ3) is 3.02. The van der Waals surface area contributed by atoms with E-state index in [2.05, 4.69) is 15.4 Å². The van der Waals surface area contributed by atoms with Gasteiger partial charge in [-0.3, -0.25) is 4.79 Å². The lowest BCUT2D eigenvalue weighted by Gasteiger charge is -2.23. The van der Waals surface area contributed by atoms with Crippen LogP contribution in [-0.4, -0.2) is 33.8 Å². The Morgan fingerprint density at radius 3 is 3.14 bits per heavy atom. The van der Waals surface area contributed by atoms with E-state index in [1.54, 1.807) is 7.11 Å². The van der Waals surface area contributed by atoms with Crippen molar-refractivity contribution in [1.29, 1.82) is 0 Å². The second-order valence-corrected chi connectivity index (χ2v) is 6.59. The van der Waals surface area contributed by atoms with Gasteiger partial charge in [0.1, 0.15) is 17.3 Å². The third-order valence-corrected chi connectivity index (χ3v) is 5.31. The Morgan fingerprint density at radius 1 is 1.64 bits per heavy atom. The summed E-state index contributed by atoms with van der Waals surface area (Å²) in [7, 11) is 1.62. The molecular weight excluding hydrogens is 324 g/mol. The average molecular weight is 341 g/mol. The largest absolute Gasteiger partial charge is 0.377 e. The number of amides is 1. The number of aryl methyl sites for hydroxylation is 2. The topological polar surface area (TPSA) is 69.0 Å². The first-order chi connectivity index (χ1) is 10.6.